The van der Waals surface area contributed by atoms with E-state index in [1.165, 1.54) is 19.2 Å². The second-order valence-electron chi connectivity index (χ2n) is 4.37. The summed E-state index contributed by atoms with van der Waals surface area (Å²) >= 11 is 0. The largest absolute Gasteiger partial charge is 0.493 e. The van der Waals surface area contributed by atoms with Crippen molar-refractivity contribution in [3.8, 4) is 5.75 Å². The number of hydrogen-bond acceptors (Lipinski definition) is 2. The molecule has 0 aromatic heterocycles. The molecular weight excluding hydrogens is 223 g/mol. The van der Waals surface area contributed by atoms with Crippen molar-refractivity contribution in [2.24, 2.45) is 5.92 Å². The van der Waals surface area contributed by atoms with E-state index in [-0.39, 0.29) is 11.7 Å². The van der Waals surface area contributed by atoms with Crippen LogP contribution in [0.15, 0.2) is 18.2 Å². The average molecular weight is 238 g/mol. The Balaban J connectivity index is 2.41. The Hall–Kier alpha value is -1.58. The summed E-state index contributed by atoms with van der Waals surface area (Å²) in [5.41, 5.74) is 0.449. The van der Waals surface area contributed by atoms with E-state index in [1.54, 1.807) is 6.07 Å². The van der Waals surface area contributed by atoms with E-state index < -0.39 is 17.7 Å². The maximum atomic E-state index is 13.5. The molecule has 92 valence electrons. The quantitative estimate of drug-likeness (QED) is 0.877. The number of halogens is 1. The van der Waals surface area contributed by atoms with Gasteiger partial charge in [0.25, 0.3) is 0 Å². The zero-order chi connectivity index (χ0) is 12.4. The molecule has 4 heteroatoms. The minimum Gasteiger partial charge on any atom is -0.493 e. The van der Waals surface area contributed by atoms with Crippen LogP contribution in [-0.4, -0.2) is 18.2 Å². The van der Waals surface area contributed by atoms with Crippen molar-refractivity contribution in [3.05, 3.63) is 29.6 Å². The lowest BCUT2D eigenvalue weighted by Crippen LogP contribution is -2.27. The summed E-state index contributed by atoms with van der Waals surface area (Å²) in [5.74, 6) is -1.90. The number of methoxy groups -OCH3 is 1. The number of carboxylic acids is 1. The van der Waals surface area contributed by atoms with Crippen molar-refractivity contribution in [1.29, 1.82) is 0 Å². The van der Waals surface area contributed by atoms with E-state index in [2.05, 4.69) is 0 Å². The molecule has 0 aliphatic heterocycles. The normalized spacial score (nSPS) is 17.3. The fourth-order valence-corrected chi connectivity index (χ4v) is 2.35. The van der Waals surface area contributed by atoms with Gasteiger partial charge < -0.3 is 9.84 Å². The number of carboxylic acid groups (broad SMARTS) is 1. The van der Waals surface area contributed by atoms with Gasteiger partial charge in [0.2, 0.25) is 0 Å². The third-order valence-corrected chi connectivity index (χ3v) is 3.42. The number of rotatable bonds is 4. The van der Waals surface area contributed by atoms with Crippen LogP contribution >= 0.6 is 0 Å². The minimum absolute atomic E-state index is 0.0619. The molecule has 1 aromatic carbocycles. The van der Waals surface area contributed by atoms with Crippen molar-refractivity contribution < 1.29 is 19.0 Å². The molecule has 0 saturated heterocycles. The van der Waals surface area contributed by atoms with Crippen molar-refractivity contribution in [2.45, 2.75) is 25.2 Å². The number of ether oxygens (including phenoxy) is 1. The van der Waals surface area contributed by atoms with Crippen LogP contribution in [0, 0.1) is 11.7 Å². The van der Waals surface area contributed by atoms with Crippen LogP contribution in [-0.2, 0) is 4.79 Å². The third-order valence-electron chi connectivity index (χ3n) is 3.42. The lowest BCUT2D eigenvalue weighted by Gasteiger charge is -2.32. The zero-order valence-corrected chi connectivity index (χ0v) is 9.65. The summed E-state index contributed by atoms with van der Waals surface area (Å²) in [6.45, 7) is 0. The molecule has 0 amide bonds. The van der Waals surface area contributed by atoms with E-state index in [9.17, 15) is 14.3 Å². The first-order valence-electron chi connectivity index (χ1n) is 5.70. The minimum atomic E-state index is -0.904. The lowest BCUT2D eigenvalue weighted by molar-refractivity contribution is -0.141. The highest BCUT2D eigenvalue weighted by Crippen LogP contribution is 2.42. The van der Waals surface area contributed by atoms with E-state index >= 15 is 0 Å². The van der Waals surface area contributed by atoms with Gasteiger partial charge in [0.15, 0.2) is 11.6 Å². The van der Waals surface area contributed by atoms with E-state index in [4.69, 9.17) is 4.74 Å². The Kier molecular flexibility index (Phi) is 3.31. The number of hydrogen-bond donors (Lipinski definition) is 1. The summed E-state index contributed by atoms with van der Waals surface area (Å²) in [4.78, 5) is 11.3. The summed E-state index contributed by atoms with van der Waals surface area (Å²) in [6.07, 6.45) is 2.82. The molecule has 3 nitrogen and oxygen atoms in total. The van der Waals surface area contributed by atoms with Gasteiger partial charge >= 0.3 is 5.97 Å². The van der Waals surface area contributed by atoms with Crippen LogP contribution in [0.2, 0.25) is 0 Å². The molecule has 1 fully saturated rings. The molecule has 0 radical (unpaired) electrons. The van der Waals surface area contributed by atoms with E-state index in [0.29, 0.717) is 5.56 Å². The molecule has 1 atom stereocenters. The Morgan fingerprint density at radius 3 is 2.71 bits per heavy atom. The number of carbonyl (C=O) groups is 1. The number of para-hydroxylation sites is 1. The molecule has 0 heterocycles. The molecule has 0 bridgehead atoms. The summed E-state index contributed by atoms with van der Waals surface area (Å²) < 4.78 is 18.5. The van der Waals surface area contributed by atoms with Crippen molar-refractivity contribution in [3.63, 3.8) is 0 Å². The SMILES string of the molecule is COc1c(F)cccc1C(C(=O)O)C1CCC1. The zero-order valence-electron chi connectivity index (χ0n) is 9.65. The smallest absolute Gasteiger partial charge is 0.311 e. The average Bonchev–Trinajstić information content (AvgIpc) is 2.22. The molecule has 1 aromatic rings. The molecule has 0 spiro atoms. The van der Waals surface area contributed by atoms with Crippen molar-refractivity contribution in [2.75, 3.05) is 7.11 Å². The molecule has 1 aliphatic carbocycles. The second kappa shape index (κ2) is 4.73. The van der Waals surface area contributed by atoms with Gasteiger partial charge in [0.05, 0.1) is 13.0 Å². The highest BCUT2D eigenvalue weighted by Gasteiger charge is 2.36. The van der Waals surface area contributed by atoms with Crippen LogP contribution < -0.4 is 4.74 Å². The first-order chi connectivity index (χ1) is 8.15. The molecule has 1 unspecified atom stereocenters. The van der Waals surface area contributed by atoms with Crippen LogP contribution in [0.3, 0.4) is 0 Å². The van der Waals surface area contributed by atoms with Gasteiger partial charge in [-0.05, 0) is 24.8 Å². The van der Waals surface area contributed by atoms with Gasteiger partial charge in [-0.1, -0.05) is 18.6 Å². The van der Waals surface area contributed by atoms with E-state index in [0.717, 1.165) is 19.3 Å². The van der Waals surface area contributed by atoms with Gasteiger partial charge in [-0.15, -0.1) is 0 Å². The first-order valence-corrected chi connectivity index (χ1v) is 5.70. The highest BCUT2D eigenvalue weighted by molar-refractivity contribution is 5.78. The number of aliphatic carboxylic acids is 1. The van der Waals surface area contributed by atoms with E-state index in [1.807, 2.05) is 0 Å². The first kappa shape index (κ1) is 11.9. The molecule has 2 rings (SSSR count). The van der Waals surface area contributed by atoms with Crippen LogP contribution in [0.1, 0.15) is 30.7 Å². The third kappa shape index (κ3) is 2.12. The molecular formula is C13H15FO3. The van der Waals surface area contributed by atoms with Crippen molar-refractivity contribution >= 4 is 5.97 Å². The van der Waals surface area contributed by atoms with Crippen LogP contribution in [0.5, 0.6) is 5.75 Å². The molecule has 1 aliphatic rings. The predicted molar refractivity (Wildman–Crippen MR) is 60.7 cm³/mol. The maximum Gasteiger partial charge on any atom is 0.311 e. The fourth-order valence-electron chi connectivity index (χ4n) is 2.35. The topological polar surface area (TPSA) is 46.5 Å². The van der Waals surface area contributed by atoms with Crippen molar-refractivity contribution in [1.82, 2.24) is 0 Å². The van der Waals surface area contributed by atoms with Gasteiger partial charge in [-0.25, -0.2) is 4.39 Å². The monoisotopic (exact) mass is 238 g/mol. The standard InChI is InChI=1S/C13H15FO3/c1-17-12-9(6-3-7-10(12)14)11(13(15)16)8-4-2-5-8/h3,6-8,11H,2,4-5H2,1H3,(H,15,16). The Morgan fingerprint density at radius 1 is 1.53 bits per heavy atom. The maximum absolute atomic E-state index is 13.5. The van der Waals surface area contributed by atoms with Crippen LogP contribution in [0.25, 0.3) is 0 Å². The van der Waals surface area contributed by atoms with Gasteiger partial charge in [-0.3, -0.25) is 4.79 Å². The van der Waals surface area contributed by atoms with Gasteiger partial charge in [0.1, 0.15) is 0 Å². The molecule has 1 N–H and O–H groups in total. The molecule has 1 saturated carbocycles. The number of benzene rings is 1. The Labute approximate surface area is 99.2 Å². The Bertz CT molecular complexity index is 427. The molecule has 17 heavy (non-hydrogen) atoms. The summed E-state index contributed by atoms with van der Waals surface area (Å²) in [7, 11) is 1.36. The fraction of sp³-hybridized carbons (Fsp3) is 0.462. The predicted octanol–water partition coefficient (Wildman–Crippen LogP) is 2.80. The van der Waals surface area contributed by atoms with Gasteiger partial charge in [0, 0.05) is 5.56 Å². The second-order valence-corrected chi connectivity index (χ2v) is 4.37. The lowest BCUT2D eigenvalue weighted by atomic mass is 9.73. The summed E-state index contributed by atoms with van der Waals surface area (Å²) in [5, 5.41) is 9.29. The summed E-state index contributed by atoms with van der Waals surface area (Å²) in [6, 6.07) is 4.45. The Morgan fingerprint density at radius 2 is 2.24 bits per heavy atom. The van der Waals surface area contributed by atoms with Crippen LogP contribution in [0.4, 0.5) is 4.39 Å². The van der Waals surface area contributed by atoms with Gasteiger partial charge in [-0.2, -0.15) is 0 Å². The highest BCUT2D eigenvalue weighted by atomic mass is 19.1.